The quantitative estimate of drug-likeness (QED) is 0.663. The van der Waals surface area contributed by atoms with E-state index in [1.165, 1.54) is 6.07 Å². The summed E-state index contributed by atoms with van der Waals surface area (Å²) in [5.74, 6) is 1.01. The number of hydrogen-bond acceptors (Lipinski definition) is 6. The fraction of sp³-hybridized carbons (Fsp3) is 0.353. The minimum absolute atomic E-state index is 0.138. The number of carbonyl (C=O) groups is 2. The maximum absolute atomic E-state index is 11.8. The molecule has 0 unspecified atom stereocenters. The van der Waals surface area contributed by atoms with E-state index in [0.29, 0.717) is 23.9 Å². The molecule has 0 saturated carbocycles. The van der Waals surface area contributed by atoms with Crippen LogP contribution in [0.4, 0.5) is 0 Å². The Labute approximate surface area is 145 Å². The zero-order valence-corrected chi connectivity index (χ0v) is 14.2. The molecule has 2 aromatic rings. The third kappa shape index (κ3) is 5.83. The third-order valence-corrected chi connectivity index (χ3v) is 3.10. The highest BCUT2D eigenvalue weighted by Gasteiger charge is 2.10. The first-order valence-corrected chi connectivity index (χ1v) is 7.93. The van der Waals surface area contributed by atoms with Crippen molar-refractivity contribution >= 4 is 11.8 Å². The summed E-state index contributed by atoms with van der Waals surface area (Å²) in [6.45, 7) is 4.49. The van der Waals surface area contributed by atoms with E-state index < -0.39 is 0 Å². The van der Waals surface area contributed by atoms with Crippen molar-refractivity contribution in [3.63, 3.8) is 0 Å². The van der Waals surface area contributed by atoms with Crippen LogP contribution < -0.4 is 20.1 Å². The number of benzene rings is 1. The summed E-state index contributed by atoms with van der Waals surface area (Å²) in [5, 5.41) is 8.89. The van der Waals surface area contributed by atoms with Crippen molar-refractivity contribution in [2.24, 2.45) is 0 Å². The molecule has 2 amide bonds. The van der Waals surface area contributed by atoms with E-state index in [0.717, 1.165) is 0 Å². The molecule has 1 aromatic carbocycles. The largest absolute Gasteiger partial charge is 0.490 e. The Morgan fingerprint density at radius 2 is 1.80 bits per heavy atom. The van der Waals surface area contributed by atoms with Crippen molar-refractivity contribution < 1.29 is 23.6 Å². The highest BCUT2D eigenvalue weighted by Crippen LogP contribution is 2.26. The Morgan fingerprint density at radius 3 is 2.44 bits per heavy atom. The monoisotopic (exact) mass is 347 g/mol. The van der Waals surface area contributed by atoms with Crippen molar-refractivity contribution in [1.29, 1.82) is 0 Å². The number of rotatable bonds is 9. The lowest BCUT2D eigenvalue weighted by Gasteiger charge is -2.11. The average molecular weight is 347 g/mol. The van der Waals surface area contributed by atoms with E-state index >= 15 is 0 Å². The molecule has 0 radical (unpaired) electrons. The van der Waals surface area contributed by atoms with Crippen LogP contribution >= 0.6 is 0 Å². The molecule has 25 heavy (non-hydrogen) atoms. The van der Waals surface area contributed by atoms with Gasteiger partial charge in [-0.15, -0.1) is 0 Å². The van der Waals surface area contributed by atoms with Gasteiger partial charge in [0.1, 0.15) is 5.76 Å². The topological polar surface area (TPSA) is 103 Å². The minimum atomic E-state index is -0.354. The first-order chi connectivity index (χ1) is 12.1. The summed E-state index contributed by atoms with van der Waals surface area (Å²) in [5.41, 5.74) is 0.208. The van der Waals surface area contributed by atoms with Crippen molar-refractivity contribution in [1.82, 2.24) is 15.8 Å². The lowest BCUT2D eigenvalue weighted by Crippen LogP contribution is -2.36. The number of carbonyl (C=O) groups excluding carboxylic acids is 2. The molecule has 0 fully saturated rings. The Bertz CT molecular complexity index is 714. The van der Waals surface area contributed by atoms with Crippen molar-refractivity contribution in [3.05, 3.63) is 41.8 Å². The van der Waals surface area contributed by atoms with Gasteiger partial charge in [-0.2, -0.15) is 0 Å². The summed E-state index contributed by atoms with van der Waals surface area (Å²) < 4.78 is 15.7. The SMILES string of the molecule is CCOc1ccccc1OCC(=O)NCCNC(=O)c1cc(C)on1. The molecule has 0 spiro atoms. The predicted molar refractivity (Wildman–Crippen MR) is 89.7 cm³/mol. The smallest absolute Gasteiger partial charge is 0.273 e. The van der Waals surface area contributed by atoms with Gasteiger partial charge in [0.2, 0.25) is 0 Å². The Morgan fingerprint density at radius 1 is 1.12 bits per heavy atom. The number of nitrogens with one attached hydrogen (secondary N) is 2. The van der Waals surface area contributed by atoms with Crippen LogP contribution in [-0.4, -0.2) is 43.3 Å². The Balaban J connectivity index is 1.67. The molecule has 1 heterocycles. The van der Waals surface area contributed by atoms with Crippen molar-refractivity contribution in [2.45, 2.75) is 13.8 Å². The van der Waals surface area contributed by atoms with E-state index in [1.54, 1.807) is 25.1 Å². The molecule has 2 rings (SSSR count). The molecule has 134 valence electrons. The fourth-order valence-corrected chi connectivity index (χ4v) is 1.98. The average Bonchev–Trinajstić information content (AvgIpc) is 3.04. The van der Waals surface area contributed by atoms with Gasteiger partial charge < -0.3 is 24.6 Å². The van der Waals surface area contributed by atoms with Gasteiger partial charge in [-0.3, -0.25) is 9.59 Å². The van der Waals surface area contributed by atoms with Crippen LogP contribution in [0.1, 0.15) is 23.2 Å². The molecule has 1 aromatic heterocycles. The lowest BCUT2D eigenvalue weighted by molar-refractivity contribution is -0.123. The molecule has 0 aliphatic heterocycles. The molecule has 8 heteroatoms. The lowest BCUT2D eigenvalue weighted by atomic mass is 10.3. The number of ether oxygens (including phenoxy) is 2. The molecule has 0 atom stereocenters. The van der Waals surface area contributed by atoms with E-state index in [4.69, 9.17) is 14.0 Å². The maximum atomic E-state index is 11.8. The van der Waals surface area contributed by atoms with Crippen LogP contribution in [0.25, 0.3) is 0 Å². The predicted octanol–water partition coefficient (Wildman–Crippen LogP) is 1.31. The molecule has 8 nitrogen and oxygen atoms in total. The second kappa shape index (κ2) is 9.31. The Kier molecular flexibility index (Phi) is 6.82. The molecular weight excluding hydrogens is 326 g/mol. The molecular formula is C17H21N3O5. The van der Waals surface area contributed by atoms with Crippen LogP contribution in [-0.2, 0) is 4.79 Å². The standard InChI is InChI=1S/C17H21N3O5/c1-3-23-14-6-4-5-7-15(14)24-11-16(21)18-8-9-19-17(22)13-10-12(2)25-20-13/h4-7,10H,3,8-9,11H2,1-2H3,(H,18,21)(H,19,22). The normalized spacial score (nSPS) is 10.2. The van der Waals surface area contributed by atoms with Crippen LogP contribution in [0.3, 0.4) is 0 Å². The maximum Gasteiger partial charge on any atom is 0.273 e. The van der Waals surface area contributed by atoms with Crippen LogP contribution in [0.2, 0.25) is 0 Å². The van der Waals surface area contributed by atoms with Gasteiger partial charge in [0.25, 0.3) is 11.8 Å². The number of para-hydroxylation sites is 2. The fourth-order valence-electron chi connectivity index (χ4n) is 1.98. The highest BCUT2D eigenvalue weighted by atomic mass is 16.5. The zero-order chi connectivity index (χ0) is 18.1. The van der Waals surface area contributed by atoms with Crippen LogP contribution in [0, 0.1) is 6.92 Å². The molecule has 0 aliphatic carbocycles. The van der Waals surface area contributed by atoms with E-state index in [2.05, 4.69) is 15.8 Å². The zero-order valence-electron chi connectivity index (χ0n) is 14.2. The van der Waals surface area contributed by atoms with Crippen molar-refractivity contribution in [2.75, 3.05) is 26.3 Å². The van der Waals surface area contributed by atoms with Crippen molar-refractivity contribution in [3.8, 4) is 11.5 Å². The molecule has 2 N–H and O–H groups in total. The third-order valence-electron chi connectivity index (χ3n) is 3.10. The van der Waals surface area contributed by atoms with Gasteiger partial charge in [-0.05, 0) is 26.0 Å². The number of aryl methyl sites for hydroxylation is 1. The number of aromatic nitrogens is 1. The Hall–Kier alpha value is -3.03. The van der Waals surface area contributed by atoms with E-state index in [1.807, 2.05) is 13.0 Å². The first kappa shape index (κ1) is 18.3. The highest BCUT2D eigenvalue weighted by molar-refractivity contribution is 5.92. The second-order valence-corrected chi connectivity index (χ2v) is 5.10. The summed E-state index contributed by atoms with van der Waals surface area (Å²) in [6, 6.07) is 8.68. The molecule has 0 bridgehead atoms. The first-order valence-electron chi connectivity index (χ1n) is 7.93. The van der Waals surface area contributed by atoms with Gasteiger partial charge in [-0.1, -0.05) is 17.3 Å². The molecule has 0 aliphatic rings. The van der Waals surface area contributed by atoms with Gasteiger partial charge in [0.15, 0.2) is 23.8 Å². The van der Waals surface area contributed by atoms with E-state index in [9.17, 15) is 9.59 Å². The summed E-state index contributed by atoms with van der Waals surface area (Å²) >= 11 is 0. The summed E-state index contributed by atoms with van der Waals surface area (Å²) in [4.78, 5) is 23.5. The van der Waals surface area contributed by atoms with Gasteiger partial charge in [0.05, 0.1) is 6.61 Å². The van der Waals surface area contributed by atoms with E-state index in [-0.39, 0.29) is 37.2 Å². The van der Waals surface area contributed by atoms with Gasteiger partial charge >= 0.3 is 0 Å². The number of nitrogens with zero attached hydrogens (tertiary/aromatic N) is 1. The van der Waals surface area contributed by atoms with Gasteiger partial charge in [-0.25, -0.2) is 0 Å². The number of hydrogen-bond donors (Lipinski definition) is 2. The molecule has 0 saturated heterocycles. The van der Waals surface area contributed by atoms with Crippen LogP contribution in [0.5, 0.6) is 11.5 Å². The second-order valence-electron chi connectivity index (χ2n) is 5.10. The number of amides is 2. The minimum Gasteiger partial charge on any atom is -0.490 e. The summed E-state index contributed by atoms with van der Waals surface area (Å²) in [6.07, 6.45) is 0. The van der Waals surface area contributed by atoms with Crippen LogP contribution in [0.15, 0.2) is 34.9 Å². The van der Waals surface area contributed by atoms with Gasteiger partial charge in [0, 0.05) is 19.2 Å². The summed E-state index contributed by atoms with van der Waals surface area (Å²) in [7, 11) is 0.